The molecule has 104 valence electrons. The van der Waals surface area contributed by atoms with Crippen LogP contribution in [0.15, 0.2) is 0 Å². The first-order valence-corrected chi connectivity index (χ1v) is 7.69. The van der Waals surface area contributed by atoms with Crippen LogP contribution >= 0.6 is 0 Å². The highest BCUT2D eigenvalue weighted by molar-refractivity contribution is 7.90. The molecule has 0 saturated carbocycles. The molecule has 1 fully saturated rings. The van der Waals surface area contributed by atoms with Gasteiger partial charge in [-0.25, -0.2) is 13.2 Å². The van der Waals surface area contributed by atoms with Gasteiger partial charge in [-0.1, -0.05) is 0 Å². The van der Waals surface area contributed by atoms with Crippen LogP contribution in [0.5, 0.6) is 0 Å². The number of carboxylic acids is 1. The van der Waals surface area contributed by atoms with Crippen LogP contribution in [0.2, 0.25) is 0 Å². The topological polar surface area (TPSA) is 110 Å². The third-order valence-electron chi connectivity index (χ3n) is 2.58. The predicted molar refractivity (Wildman–Crippen MR) is 62.9 cm³/mol. The van der Waals surface area contributed by atoms with Gasteiger partial charge in [-0.05, 0) is 19.3 Å². The lowest BCUT2D eigenvalue weighted by Crippen LogP contribution is -2.36. The largest absolute Gasteiger partial charge is 0.479 e. The van der Waals surface area contributed by atoms with Gasteiger partial charge in [0, 0.05) is 12.8 Å². The van der Waals surface area contributed by atoms with Crippen LogP contribution in [-0.2, 0) is 24.2 Å². The Morgan fingerprint density at radius 3 is 2.44 bits per heavy atom. The Labute approximate surface area is 105 Å². The molecule has 0 unspecified atom stereocenters. The highest BCUT2D eigenvalue weighted by atomic mass is 32.2. The minimum Gasteiger partial charge on any atom is -0.479 e. The van der Waals surface area contributed by atoms with Crippen molar-refractivity contribution in [2.75, 3.05) is 18.6 Å². The maximum Gasteiger partial charge on any atom is 0.332 e. The summed E-state index contributed by atoms with van der Waals surface area (Å²) in [7, 11) is -3.02. The van der Waals surface area contributed by atoms with E-state index in [1.165, 1.54) is 0 Å². The van der Waals surface area contributed by atoms with Crippen LogP contribution in [0.25, 0.3) is 0 Å². The monoisotopic (exact) mass is 279 g/mol. The summed E-state index contributed by atoms with van der Waals surface area (Å²) in [5.41, 5.74) is 0. The zero-order valence-corrected chi connectivity index (χ0v) is 10.9. The number of amides is 1. The van der Waals surface area contributed by atoms with E-state index in [4.69, 9.17) is 9.84 Å². The molecule has 1 aliphatic heterocycles. The molecule has 0 aromatic heterocycles. The molecule has 0 aromatic carbocycles. The minimum absolute atomic E-state index is 0.0105. The van der Waals surface area contributed by atoms with Gasteiger partial charge in [0.2, 0.25) is 5.91 Å². The molecule has 0 spiro atoms. The van der Waals surface area contributed by atoms with Crippen LogP contribution in [0, 0.1) is 0 Å². The number of ether oxygens (including phenoxy) is 1. The van der Waals surface area contributed by atoms with E-state index in [2.05, 4.69) is 5.32 Å². The average molecular weight is 279 g/mol. The number of carbonyl (C=O) groups is 2. The summed E-state index contributed by atoms with van der Waals surface area (Å²) < 4.78 is 26.7. The van der Waals surface area contributed by atoms with Crippen molar-refractivity contribution in [3.05, 3.63) is 0 Å². The van der Waals surface area contributed by atoms with E-state index < -0.39 is 28.0 Å². The number of hydrogen-bond acceptors (Lipinski definition) is 5. The van der Waals surface area contributed by atoms with Gasteiger partial charge in [-0.2, -0.15) is 0 Å². The molecular formula is C10H17NO6S. The minimum atomic E-state index is -3.02. The third kappa shape index (κ3) is 5.01. The number of aliphatic carboxylic acids is 1. The maximum absolute atomic E-state index is 11.6. The molecule has 18 heavy (non-hydrogen) atoms. The van der Waals surface area contributed by atoms with Gasteiger partial charge in [0.1, 0.15) is 15.9 Å². The quantitative estimate of drug-likeness (QED) is 0.614. The van der Waals surface area contributed by atoms with Gasteiger partial charge in [-0.3, -0.25) is 4.79 Å². The molecule has 0 aliphatic carbocycles. The highest BCUT2D eigenvalue weighted by Crippen LogP contribution is 2.19. The van der Waals surface area contributed by atoms with Crippen molar-refractivity contribution >= 4 is 21.7 Å². The van der Waals surface area contributed by atoms with Crippen LogP contribution < -0.4 is 5.32 Å². The highest BCUT2D eigenvalue weighted by Gasteiger charge is 2.34. The average Bonchev–Trinajstić information content (AvgIpc) is 2.72. The Kier molecular flexibility index (Phi) is 5.09. The van der Waals surface area contributed by atoms with Crippen molar-refractivity contribution in [2.24, 2.45) is 0 Å². The lowest BCUT2D eigenvalue weighted by molar-refractivity contribution is -0.151. The fourth-order valence-electron chi connectivity index (χ4n) is 1.67. The molecule has 1 aliphatic rings. The number of nitrogens with one attached hydrogen (secondary N) is 1. The van der Waals surface area contributed by atoms with E-state index in [0.717, 1.165) is 6.26 Å². The van der Waals surface area contributed by atoms with Crippen molar-refractivity contribution < 1.29 is 27.9 Å². The molecule has 1 rings (SSSR count). The van der Waals surface area contributed by atoms with Gasteiger partial charge in [0.15, 0.2) is 6.10 Å². The van der Waals surface area contributed by atoms with E-state index in [1.54, 1.807) is 0 Å². The lowest BCUT2D eigenvalue weighted by atomic mass is 10.2. The van der Waals surface area contributed by atoms with E-state index in [-0.39, 0.29) is 18.2 Å². The van der Waals surface area contributed by atoms with Gasteiger partial charge in [0.25, 0.3) is 0 Å². The van der Waals surface area contributed by atoms with Crippen molar-refractivity contribution in [3.63, 3.8) is 0 Å². The normalized spacial score (nSPS) is 23.8. The van der Waals surface area contributed by atoms with E-state index >= 15 is 0 Å². The second kappa shape index (κ2) is 6.14. The summed E-state index contributed by atoms with van der Waals surface area (Å²) in [5, 5.41) is 11.2. The Morgan fingerprint density at radius 2 is 1.94 bits per heavy atom. The summed E-state index contributed by atoms with van der Waals surface area (Å²) in [6.07, 6.45) is 0.485. The molecule has 2 atom stereocenters. The first kappa shape index (κ1) is 14.9. The summed E-state index contributed by atoms with van der Waals surface area (Å²) >= 11 is 0. The van der Waals surface area contributed by atoms with Gasteiger partial charge < -0.3 is 15.2 Å². The summed E-state index contributed by atoms with van der Waals surface area (Å²) in [6, 6.07) is 0. The SMILES string of the molecule is CS(=O)(=O)CCCNC(=O)[C@@H]1CC[C@H](C(=O)O)O1. The first-order chi connectivity index (χ1) is 8.29. The third-order valence-corrected chi connectivity index (χ3v) is 3.61. The van der Waals surface area contributed by atoms with Crippen LogP contribution in [0.4, 0.5) is 0 Å². The first-order valence-electron chi connectivity index (χ1n) is 5.63. The summed E-state index contributed by atoms with van der Waals surface area (Å²) in [5.74, 6) is -1.44. The van der Waals surface area contributed by atoms with E-state index in [9.17, 15) is 18.0 Å². The summed E-state index contributed by atoms with van der Waals surface area (Å²) in [4.78, 5) is 22.2. The molecule has 0 aromatic rings. The molecule has 1 heterocycles. The molecular weight excluding hydrogens is 262 g/mol. The molecule has 2 N–H and O–H groups in total. The zero-order valence-electron chi connectivity index (χ0n) is 10.1. The molecule has 1 amide bonds. The molecule has 0 bridgehead atoms. The van der Waals surface area contributed by atoms with Gasteiger partial charge in [-0.15, -0.1) is 0 Å². The standard InChI is InChI=1S/C10H17NO6S/c1-18(15,16)6-2-5-11-9(12)7-3-4-8(17-7)10(13)14/h7-8H,2-6H2,1H3,(H,11,12)(H,13,14)/t7-,8+/m0/s1. The Balaban J connectivity index is 2.24. The van der Waals surface area contributed by atoms with Crippen molar-refractivity contribution in [1.82, 2.24) is 5.32 Å². The Bertz CT molecular complexity index is 418. The molecule has 7 nitrogen and oxygen atoms in total. The molecule has 8 heteroatoms. The fourth-order valence-corrected chi connectivity index (χ4v) is 2.34. The number of sulfone groups is 1. The van der Waals surface area contributed by atoms with Gasteiger partial charge >= 0.3 is 5.97 Å². The van der Waals surface area contributed by atoms with Crippen LogP contribution in [-0.4, -0.2) is 56.2 Å². The summed E-state index contributed by atoms with van der Waals surface area (Å²) in [6.45, 7) is 0.240. The number of carbonyl (C=O) groups excluding carboxylic acids is 1. The Morgan fingerprint density at radius 1 is 1.33 bits per heavy atom. The lowest BCUT2D eigenvalue weighted by Gasteiger charge is -2.11. The fraction of sp³-hybridized carbons (Fsp3) is 0.800. The smallest absolute Gasteiger partial charge is 0.332 e. The zero-order chi connectivity index (χ0) is 13.8. The molecule has 1 saturated heterocycles. The van der Waals surface area contributed by atoms with E-state index in [0.29, 0.717) is 19.3 Å². The Hall–Kier alpha value is -1.15. The number of carboxylic acid groups (broad SMARTS) is 1. The van der Waals surface area contributed by atoms with Crippen LogP contribution in [0.1, 0.15) is 19.3 Å². The second-order valence-electron chi connectivity index (χ2n) is 4.30. The maximum atomic E-state index is 11.6. The second-order valence-corrected chi connectivity index (χ2v) is 6.56. The van der Waals surface area contributed by atoms with E-state index in [1.807, 2.05) is 0 Å². The van der Waals surface area contributed by atoms with Crippen molar-refractivity contribution in [3.8, 4) is 0 Å². The van der Waals surface area contributed by atoms with Crippen molar-refractivity contribution in [2.45, 2.75) is 31.5 Å². The van der Waals surface area contributed by atoms with Crippen LogP contribution in [0.3, 0.4) is 0 Å². The molecule has 0 radical (unpaired) electrons. The predicted octanol–water partition coefficient (Wildman–Crippen LogP) is -0.830. The van der Waals surface area contributed by atoms with Crippen molar-refractivity contribution in [1.29, 1.82) is 0 Å². The number of hydrogen-bond donors (Lipinski definition) is 2. The van der Waals surface area contributed by atoms with Gasteiger partial charge in [0.05, 0.1) is 5.75 Å². The number of rotatable bonds is 6.